The Morgan fingerprint density at radius 2 is 1.90 bits per heavy atom. The number of aromatic nitrogens is 4. The summed E-state index contributed by atoms with van der Waals surface area (Å²) in [5.41, 5.74) is 3.24. The first kappa shape index (κ1) is 18.2. The van der Waals surface area contributed by atoms with E-state index in [0.717, 1.165) is 23.0 Å². The maximum atomic E-state index is 13.2. The van der Waals surface area contributed by atoms with E-state index in [-0.39, 0.29) is 17.3 Å². The van der Waals surface area contributed by atoms with Crippen LogP contribution in [-0.4, -0.2) is 38.0 Å². The van der Waals surface area contributed by atoms with Gasteiger partial charge in [0.1, 0.15) is 21.7 Å². The minimum Gasteiger partial charge on any atom is -0.236 e. The van der Waals surface area contributed by atoms with Crippen molar-refractivity contribution < 1.29 is 12.8 Å². The van der Waals surface area contributed by atoms with Crippen LogP contribution in [0.1, 0.15) is 11.3 Å². The molecule has 0 saturated heterocycles. The van der Waals surface area contributed by atoms with Crippen molar-refractivity contribution in [2.45, 2.75) is 17.9 Å². The Bertz CT molecular complexity index is 1320. The van der Waals surface area contributed by atoms with Gasteiger partial charge in [0.15, 0.2) is 5.82 Å². The molecule has 0 spiro atoms. The highest BCUT2D eigenvalue weighted by Gasteiger charge is 2.31. The second kappa shape index (κ2) is 6.90. The second-order valence-electron chi connectivity index (χ2n) is 6.65. The average molecular weight is 427 g/mol. The Kier molecular flexibility index (Phi) is 4.34. The third kappa shape index (κ3) is 3.18. The number of rotatable bonds is 3. The van der Waals surface area contributed by atoms with Gasteiger partial charge in [-0.2, -0.15) is 13.1 Å². The monoisotopic (exact) mass is 427 g/mol. The molecule has 10 heteroatoms. The quantitative estimate of drug-likeness (QED) is 0.499. The summed E-state index contributed by atoms with van der Waals surface area (Å²) in [4.78, 5) is 9.08. The molecule has 29 heavy (non-hydrogen) atoms. The van der Waals surface area contributed by atoms with Crippen LogP contribution in [0.2, 0.25) is 0 Å². The van der Waals surface area contributed by atoms with E-state index in [9.17, 15) is 12.8 Å². The average Bonchev–Trinajstić information content (AvgIpc) is 3.22. The fraction of sp³-hybridized carbons (Fsp3) is 0.158. The van der Waals surface area contributed by atoms with Crippen molar-refractivity contribution in [3.63, 3.8) is 0 Å². The lowest BCUT2D eigenvalue weighted by Crippen LogP contribution is -2.36. The summed E-state index contributed by atoms with van der Waals surface area (Å²) < 4.78 is 49.3. The maximum absolute atomic E-state index is 13.2. The summed E-state index contributed by atoms with van der Waals surface area (Å²) in [5, 5.41) is 0. The molecule has 0 N–H and O–H groups in total. The SMILES string of the molecule is O=S(=O)(c1cccc2nsnc12)N1CCc2nc(-c3ccc(F)cc3)ncc2C1. The third-order valence-corrected chi connectivity index (χ3v) is 7.29. The van der Waals surface area contributed by atoms with Crippen molar-refractivity contribution in [3.05, 3.63) is 65.7 Å². The molecule has 0 unspecified atom stereocenters. The second-order valence-corrected chi connectivity index (χ2v) is 9.08. The van der Waals surface area contributed by atoms with Gasteiger partial charge >= 0.3 is 0 Å². The normalized spacial score (nSPS) is 14.8. The first-order valence-electron chi connectivity index (χ1n) is 8.84. The van der Waals surface area contributed by atoms with E-state index in [2.05, 4.69) is 18.7 Å². The fourth-order valence-corrected chi connectivity index (χ4v) is 5.53. The van der Waals surface area contributed by atoms with Crippen LogP contribution in [0.4, 0.5) is 4.39 Å². The van der Waals surface area contributed by atoms with Crippen molar-refractivity contribution in [3.8, 4) is 11.4 Å². The van der Waals surface area contributed by atoms with Crippen molar-refractivity contribution in [1.29, 1.82) is 0 Å². The van der Waals surface area contributed by atoms with E-state index in [1.165, 1.54) is 16.4 Å². The van der Waals surface area contributed by atoms with Gasteiger partial charge in [-0.05, 0) is 36.4 Å². The molecule has 1 aliphatic heterocycles. The zero-order valence-electron chi connectivity index (χ0n) is 15.0. The van der Waals surface area contributed by atoms with Gasteiger partial charge in [0.25, 0.3) is 0 Å². The number of nitrogens with zero attached hydrogens (tertiary/aromatic N) is 5. The van der Waals surface area contributed by atoms with E-state index in [0.29, 0.717) is 35.4 Å². The van der Waals surface area contributed by atoms with Crippen LogP contribution in [0.15, 0.2) is 53.6 Å². The van der Waals surface area contributed by atoms with Crippen molar-refractivity contribution >= 4 is 32.8 Å². The standard InChI is InChI=1S/C19H14FN5O2S2/c20-14-6-4-12(5-7-14)19-21-10-13-11-25(9-8-15(13)22-19)29(26,27)17-3-1-2-16-18(17)24-28-23-16/h1-7,10H,8-9,11H2. The molecule has 4 aromatic rings. The van der Waals surface area contributed by atoms with Crippen LogP contribution in [0.25, 0.3) is 22.4 Å². The molecule has 0 amide bonds. The van der Waals surface area contributed by atoms with Crippen LogP contribution in [0.3, 0.4) is 0 Å². The zero-order valence-corrected chi connectivity index (χ0v) is 16.6. The van der Waals surface area contributed by atoms with Gasteiger partial charge in [0.2, 0.25) is 10.0 Å². The fourth-order valence-electron chi connectivity index (χ4n) is 3.36. The molecule has 0 radical (unpaired) electrons. The summed E-state index contributed by atoms with van der Waals surface area (Å²) in [5.74, 6) is 0.177. The van der Waals surface area contributed by atoms with E-state index >= 15 is 0 Å². The highest BCUT2D eigenvalue weighted by atomic mass is 32.2. The van der Waals surface area contributed by atoms with Gasteiger partial charge in [0.05, 0.1) is 17.4 Å². The molecule has 2 aromatic heterocycles. The molecular formula is C19H14FN5O2S2. The molecule has 5 rings (SSSR count). The number of fused-ring (bicyclic) bond motifs is 2. The molecule has 2 aromatic carbocycles. The first-order chi connectivity index (χ1) is 14.0. The van der Waals surface area contributed by atoms with E-state index < -0.39 is 10.0 Å². The van der Waals surface area contributed by atoms with E-state index in [4.69, 9.17) is 0 Å². The van der Waals surface area contributed by atoms with Crippen molar-refractivity contribution in [2.24, 2.45) is 0 Å². The van der Waals surface area contributed by atoms with Gasteiger partial charge in [-0.1, -0.05) is 6.07 Å². The zero-order chi connectivity index (χ0) is 20.0. The Hall–Kier alpha value is -2.82. The first-order valence-corrected chi connectivity index (χ1v) is 11.0. The highest BCUT2D eigenvalue weighted by molar-refractivity contribution is 7.89. The number of halogens is 1. The van der Waals surface area contributed by atoms with Gasteiger partial charge < -0.3 is 0 Å². The van der Waals surface area contributed by atoms with Gasteiger partial charge in [-0.3, -0.25) is 0 Å². The Morgan fingerprint density at radius 3 is 2.72 bits per heavy atom. The third-order valence-electron chi connectivity index (χ3n) is 4.87. The molecule has 0 atom stereocenters. The number of hydrogen-bond donors (Lipinski definition) is 0. The number of hydrogen-bond acceptors (Lipinski definition) is 7. The smallest absolute Gasteiger partial charge is 0.236 e. The molecule has 0 saturated carbocycles. The summed E-state index contributed by atoms with van der Waals surface area (Å²) in [6.07, 6.45) is 2.12. The Balaban J connectivity index is 1.46. The van der Waals surface area contributed by atoms with Crippen LogP contribution in [-0.2, 0) is 23.0 Å². The highest BCUT2D eigenvalue weighted by Crippen LogP contribution is 2.28. The topological polar surface area (TPSA) is 88.9 Å². The predicted molar refractivity (Wildman–Crippen MR) is 106 cm³/mol. The van der Waals surface area contributed by atoms with Gasteiger partial charge in [-0.25, -0.2) is 22.8 Å². The molecular weight excluding hydrogens is 413 g/mol. The van der Waals surface area contributed by atoms with Gasteiger partial charge in [-0.15, -0.1) is 0 Å². The molecule has 3 heterocycles. The molecule has 146 valence electrons. The summed E-state index contributed by atoms with van der Waals surface area (Å²) >= 11 is 0.992. The lowest BCUT2D eigenvalue weighted by atomic mass is 10.1. The largest absolute Gasteiger partial charge is 0.245 e. The molecule has 0 fully saturated rings. The number of benzene rings is 2. The van der Waals surface area contributed by atoms with Crippen LogP contribution in [0.5, 0.6) is 0 Å². The molecule has 0 aliphatic carbocycles. The van der Waals surface area contributed by atoms with Crippen LogP contribution in [0, 0.1) is 5.82 Å². The lowest BCUT2D eigenvalue weighted by molar-refractivity contribution is 0.387. The van der Waals surface area contributed by atoms with Gasteiger partial charge in [0, 0.05) is 36.8 Å². The molecule has 7 nitrogen and oxygen atoms in total. The Labute approximate surface area is 170 Å². The summed E-state index contributed by atoms with van der Waals surface area (Å²) in [6, 6.07) is 10.9. The molecule has 0 bridgehead atoms. The number of sulfonamides is 1. The predicted octanol–water partition coefficient (Wildman–Crippen LogP) is 3.03. The van der Waals surface area contributed by atoms with Crippen molar-refractivity contribution in [2.75, 3.05) is 6.54 Å². The van der Waals surface area contributed by atoms with Crippen molar-refractivity contribution in [1.82, 2.24) is 23.0 Å². The van der Waals surface area contributed by atoms with Crippen LogP contribution >= 0.6 is 11.7 Å². The molecule has 1 aliphatic rings. The van der Waals surface area contributed by atoms with E-state index in [1.807, 2.05) is 0 Å². The lowest BCUT2D eigenvalue weighted by Gasteiger charge is -2.27. The summed E-state index contributed by atoms with van der Waals surface area (Å²) in [6.45, 7) is 0.498. The van der Waals surface area contributed by atoms with Crippen LogP contribution < -0.4 is 0 Å². The summed E-state index contributed by atoms with van der Waals surface area (Å²) in [7, 11) is -3.73. The minimum atomic E-state index is -3.73. The van der Waals surface area contributed by atoms with E-state index in [1.54, 1.807) is 36.5 Å². The minimum absolute atomic E-state index is 0.163. The maximum Gasteiger partial charge on any atom is 0.245 e. The Morgan fingerprint density at radius 1 is 1.07 bits per heavy atom.